The summed E-state index contributed by atoms with van der Waals surface area (Å²) in [6.45, 7) is 2.83. The summed E-state index contributed by atoms with van der Waals surface area (Å²) in [7, 11) is 3.50. The number of rotatable bonds is 7. The monoisotopic (exact) mass is 287 g/mol. The van der Waals surface area contributed by atoms with Crippen LogP contribution in [0, 0.1) is 0 Å². The van der Waals surface area contributed by atoms with Crippen molar-refractivity contribution >= 4 is 0 Å². The van der Waals surface area contributed by atoms with Gasteiger partial charge in [-0.05, 0) is 31.2 Å². The molecule has 0 aliphatic heterocycles. The van der Waals surface area contributed by atoms with Gasteiger partial charge in [0.15, 0.2) is 0 Å². The highest BCUT2D eigenvalue weighted by molar-refractivity contribution is 5.34. The van der Waals surface area contributed by atoms with Gasteiger partial charge in [-0.1, -0.05) is 19.1 Å². The topological polar surface area (TPSA) is 56.3 Å². The molecule has 112 valence electrons. The van der Waals surface area contributed by atoms with Crippen LogP contribution in [-0.2, 0) is 0 Å². The minimum atomic E-state index is -0.0119. The first-order valence-corrected chi connectivity index (χ1v) is 7.04. The molecule has 1 aromatic carbocycles. The Morgan fingerprint density at radius 1 is 1.19 bits per heavy atom. The molecule has 5 heteroatoms. The standard InChI is InChI=1S/C16H21N3O2/c1-4-9-21-13-7-5-12(6-8-13)16(17-2)14-10-15(20-3)19-11-18-14/h5-8,10-11,16-17H,4,9H2,1-3H3. The molecule has 1 N–H and O–H groups in total. The molecule has 2 aromatic rings. The van der Waals surface area contributed by atoms with Gasteiger partial charge in [-0.2, -0.15) is 0 Å². The van der Waals surface area contributed by atoms with Gasteiger partial charge in [0.25, 0.3) is 0 Å². The summed E-state index contributed by atoms with van der Waals surface area (Å²) >= 11 is 0. The summed E-state index contributed by atoms with van der Waals surface area (Å²) in [4.78, 5) is 8.36. The lowest BCUT2D eigenvalue weighted by Crippen LogP contribution is -2.19. The fraction of sp³-hybridized carbons (Fsp3) is 0.375. The highest BCUT2D eigenvalue weighted by Crippen LogP contribution is 2.24. The first-order chi connectivity index (χ1) is 10.3. The van der Waals surface area contributed by atoms with E-state index in [1.807, 2.05) is 37.4 Å². The van der Waals surface area contributed by atoms with Crippen molar-refractivity contribution < 1.29 is 9.47 Å². The number of methoxy groups -OCH3 is 1. The minimum Gasteiger partial charge on any atom is -0.494 e. The lowest BCUT2D eigenvalue weighted by Gasteiger charge is -2.17. The molecule has 0 radical (unpaired) electrons. The van der Waals surface area contributed by atoms with E-state index in [4.69, 9.17) is 9.47 Å². The molecule has 0 fully saturated rings. The van der Waals surface area contributed by atoms with E-state index in [1.165, 1.54) is 6.33 Å². The van der Waals surface area contributed by atoms with Crippen molar-refractivity contribution in [2.45, 2.75) is 19.4 Å². The minimum absolute atomic E-state index is 0.0119. The predicted octanol–water partition coefficient (Wildman–Crippen LogP) is 2.58. The van der Waals surface area contributed by atoms with Crippen LogP contribution in [0.2, 0.25) is 0 Å². The van der Waals surface area contributed by atoms with Crippen molar-refractivity contribution in [3.8, 4) is 11.6 Å². The average Bonchev–Trinajstić information content (AvgIpc) is 2.55. The van der Waals surface area contributed by atoms with Crippen molar-refractivity contribution in [1.82, 2.24) is 15.3 Å². The van der Waals surface area contributed by atoms with Gasteiger partial charge in [0.1, 0.15) is 12.1 Å². The smallest absolute Gasteiger partial charge is 0.216 e. The molecule has 0 spiro atoms. The van der Waals surface area contributed by atoms with Crippen molar-refractivity contribution in [2.24, 2.45) is 0 Å². The molecule has 5 nitrogen and oxygen atoms in total. The summed E-state index contributed by atoms with van der Waals surface area (Å²) in [6.07, 6.45) is 2.51. The first kappa shape index (κ1) is 15.3. The lowest BCUT2D eigenvalue weighted by atomic mass is 10.0. The zero-order valence-electron chi connectivity index (χ0n) is 12.7. The Kier molecular flexibility index (Phi) is 5.51. The van der Waals surface area contributed by atoms with E-state index < -0.39 is 0 Å². The fourth-order valence-electron chi connectivity index (χ4n) is 2.08. The van der Waals surface area contributed by atoms with Gasteiger partial charge in [0.05, 0.1) is 25.5 Å². The Hall–Kier alpha value is -2.14. The number of ether oxygens (including phenoxy) is 2. The molecule has 21 heavy (non-hydrogen) atoms. The summed E-state index contributed by atoms with van der Waals surface area (Å²) in [5.74, 6) is 1.44. The van der Waals surface area contributed by atoms with Crippen LogP contribution in [0.5, 0.6) is 11.6 Å². The van der Waals surface area contributed by atoms with E-state index in [-0.39, 0.29) is 6.04 Å². The van der Waals surface area contributed by atoms with Crippen LogP contribution in [0.15, 0.2) is 36.7 Å². The van der Waals surface area contributed by atoms with Crippen LogP contribution >= 0.6 is 0 Å². The largest absolute Gasteiger partial charge is 0.494 e. The zero-order valence-corrected chi connectivity index (χ0v) is 12.7. The van der Waals surface area contributed by atoms with Gasteiger partial charge in [0, 0.05) is 6.07 Å². The van der Waals surface area contributed by atoms with Gasteiger partial charge in [-0.15, -0.1) is 0 Å². The van der Waals surface area contributed by atoms with Crippen molar-refractivity contribution in [2.75, 3.05) is 20.8 Å². The quantitative estimate of drug-likeness (QED) is 0.848. The number of hydrogen-bond donors (Lipinski definition) is 1. The third kappa shape index (κ3) is 3.92. The van der Waals surface area contributed by atoms with E-state index >= 15 is 0 Å². The van der Waals surface area contributed by atoms with Crippen molar-refractivity contribution in [3.63, 3.8) is 0 Å². The van der Waals surface area contributed by atoms with Crippen LogP contribution in [0.4, 0.5) is 0 Å². The fourth-order valence-corrected chi connectivity index (χ4v) is 2.08. The number of aromatic nitrogens is 2. The van der Waals surface area contributed by atoms with Crippen molar-refractivity contribution in [1.29, 1.82) is 0 Å². The Balaban J connectivity index is 2.20. The van der Waals surface area contributed by atoms with Crippen LogP contribution in [0.3, 0.4) is 0 Å². The van der Waals surface area contributed by atoms with Gasteiger partial charge >= 0.3 is 0 Å². The molecule has 1 atom stereocenters. The Labute approximate surface area is 125 Å². The molecular weight excluding hydrogens is 266 g/mol. The summed E-state index contributed by atoms with van der Waals surface area (Å²) in [6, 6.07) is 9.87. The molecule has 0 saturated carbocycles. The van der Waals surface area contributed by atoms with Crippen LogP contribution in [-0.4, -0.2) is 30.7 Å². The predicted molar refractivity (Wildman–Crippen MR) is 81.7 cm³/mol. The third-order valence-electron chi connectivity index (χ3n) is 3.14. The van der Waals surface area contributed by atoms with Crippen LogP contribution in [0.1, 0.15) is 30.6 Å². The average molecular weight is 287 g/mol. The lowest BCUT2D eigenvalue weighted by molar-refractivity contribution is 0.317. The highest BCUT2D eigenvalue weighted by Gasteiger charge is 2.14. The maximum absolute atomic E-state index is 5.60. The molecular formula is C16H21N3O2. The summed E-state index contributed by atoms with van der Waals surface area (Å²) < 4.78 is 10.7. The second-order valence-corrected chi connectivity index (χ2v) is 4.62. The van der Waals surface area contributed by atoms with Gasteiger partial charge in [0.2, 0.25) is 5.88 Å². The zero-order chi connectivity index (χ0) is 15.1. The SMILES string of the molecule is CCCOc1ccc(C(NC)c2cc(OC)ncn2)cc1. The molecule has 0 amide bonds. The Morgan fingerprint density at radius 2 is 1.95 bits per heavy atom. The second-order valence-electron chi connectivity index (χ2n) is 4.62. The highest BCUT2D eigenvalue weighted by atomic mass is 16.5. The molecule has 0 bridgehead atoms. The number of nitrogens with zero attached hydrogens (tertiary/aromatic N) is 2. The van der Waals surface area contributed by atoms with Gasteiger partial charge in [-0.3, -0.25) is 0 Å². The molecule has 2 rings (SSSR count). The first-order valence-electron chi connectivity index (χ1n) is 7.04. The number of benzene rings is 1. The molecule has 1 aromatic heterocycles. The van der Waals surface area contributed by atoms with Gasteiger partial charge < -0.3 is 14.8 Å². The molecule has 1 unspecified atom stereocenters. The van der Waals surface area contributed by atoms with E-state index in [2.05, 4.69) is 22.2 Å². The summed E-state index contributed by atoms with van der Waals surface area (Å²) in [5, 5.41) is 3.26. The Bertz CT molecular complexity index is 558. The maximum Gasteiger partial charge on any atom is 0.216 e. The summed E-state index contributed by atoms with van der Waals surface area (Å²) in [5.41, 5.74) is 1.98. The van der Waals surface area contributed by atoms with E-state index in [1.54, 1.807) is 7.11 Å². The second kappa shape index (κ2) is 7.59. The number of nitrogens with one attached hydrogen (secondary N) is 1. The molecule has 1 heterocycles. The van der Waals surface area contributed by atoms with Crippen LogP contribution in [0.25, 0.3) is 0 Å². The van der Waals surface area contributed by atoms with Gasteiger partial charge in [-0.25, -0.2) is 9.97 Å². The van der Waals surface area contributed by atoms with Crippen molar-refractivity contribution in [3.05, 3.63) is 47.9 Å². The third-order valence-corrected chi connectivity index (χ3v) is 3.14. The van der Waals surface area contributed by atoms with E-state index in [9.17, 15) is 0 Å². The van der Waals surface area contributed by atoms with Crippen LogP contribution < -0.4 is 14.8 Å². The normalized spacial score (nSPS) is 12.0. The molecule has 0 aliphatic carbocycles. The number of hydrogen-bond acceptors (Lipinski definition) is 5. The van der Waals surface area contributed by atoms with E-state index in [0.29, 0.717) is 5.88 Å². The maximum atomic E-state index is 5.60. The molecule has 0 saturated heterocycles. The Morgan fingerprint density at radius 3 is 2.57 bits per heavy atom. The van der Waals surface area contributed by atoms with E-state index in [0.717, 1.165) is 30.0 Å². The molecule has 0 aliphatic rings.